The lowest BCUT2D eigenvalue weighted by Gasteiger charge is -2.10. The van der Waals surface area contributed by atoms with Crippen LogP contribution in [0, 0.1) is 0 Å². The molecule has 0 atom stereocenters. The van der Waals surface area contributed by atoms with Crippen molar-refractivity contribution in [2.45, 2.75) is 20.1 Å². The fourth-order valence-corrected chi connectivity index (χ4v) is 1.75. The van der Waals surface area contributed by atoms with Gasteiger partial charge in [-0.1, -0.05) is 24.3 Å². The summed E-state index contributed by atoms with van der Waals surface area (Å²) >= 11 is 0. The van der Waals surface area contributed by atoms with Gasteiger partial charge in [0, 0.05) is 27.2 Å². The highest BCUT2D eigenvalue weighted by Gasteiger charge is 1.98. The fraction of sp³-hybridized carbons (Fsp3) is 0.533. The molecule has 0 bridgehead atoms. The molecule has 112 valence electrons. The monoisotopic (exact) mass is 279 g/mol. The van der Waals surface area contributed by atoms with E-state index in [4.69, 9.17) is 9.47 Å². The summed E-state index contributed by atoms with van der Waals surface area (Å²) in [5.41, 5.74) is 2.37. The first-order valence-corrected chi connectivity index (χ1v) is 6.91. The van der Waals surface area contributed by atoms with Crippen molar-refractivity contribution in [1.82, 2.24) is 10.6 Å². The first kappa shape index (κ1) is 16.5. The van der Waals surface area contributed by atoms with Crippen LogP contribution in [0.2, 0.25) is 0 Å². The van der Waals surface area contributed by atoms with Crippen LogP contribution >= 0.6 is 0 Å². The molecular weight excluding hydrogens is 254 g/mol. The van der Waals surface area contributed by atoms with Crippen LogP contribution in [-0.4, -0.2) is 39.9 Å². The van der Waals surface area contributed by atoms with Gasteiger partial charge in [0.15, 0.2) is 5.96 Å². The Morgan fingerprint density at radius 3 is 2.65 bits per heavy atom. The van der Waals surface area contributed by atoms with Gasteiger partial charge in [0.1, 0.15) is 0 Å². The Labute approximate surface area is 121 Å². The van der Waals surface area contributed by atoms with Crippen molar-refractivity contribution in [3.05, 3.63) is 35.4 Å². The average molecular weight is 279 g/mol. The number of hydrogen-bond donors (Lipinski definition) is 2. The zero-order chi connectivity index (χ0) is 14.6. The lowest BCUT2D eigenvalue weighted by Crippen LogP contribution is -2.34. The Morgan fingerprint density at radius 1 is 1.20 bits per heavy atom. The van der Waals surface area contributed by atoms with Crippen molar-refractivity contribution in [3.8, 4) is 0 Å². The van der Waals surface area contributed by atoms with Gasteiger partial charge in [0.25, 0.3) is 0 Å². The molecule has 0 saturated heterocycles. The van der Waals surface area contributed by atoms with Crippen LogP contribution in [0.15, 0.2) is 29.3 Å². The molecule has 1 aromatic carbocycles. The van der Waals surface area contributed by atoms with Gasteiger partial charge in [-0.2, -0.15) is 0 Å². The first-order valence-electron chi connectivity index (χ1n) is 6.91. The maximum Gasteiger partial charge on any atom is 0.190 e. The van der Waals surface area contributed by atoms with Gasteiger partial charge in [-0.15, -0.1) is 0 Å². The molecular formula is C15H25N3O2. The second kappa shape index (κ2) is 10.2. The molecule has 2 N–H and O–H groups in total. The molecule has 0 aliphatic heterocycles. The average Bonchev–Trinajstić information content (AvgIpc) is 2.48. The largest absolute Gasteiger partial charge is 0.379 e. The highest BCUT2D eigenvalue weighted by Crippen LogP contribution is 2.06. The van der Waals surface area contributed by atoms with E-state index in [1.54, 1.807) is 7.05 Å². The van der Waals surface area contributed by atoms with E-state index in [0.717, 1.165) is 19.1 Å². The number of ether oxygens (including phenoxy) is 2. The van der Waals surface area contributed by atoms with E-state index in [1.165, 1.54) is 11.1 Å². The third kappa shape index (κ3) is 6.54. The number of benzene rings is 1. The molecule has 0 heterocycles. The zero-order valence-electron chi connectivity index (χ0n) is 12.6. The van der Waals surface area contributed by atoms with E-state index >= 15 is 0 Å². The van der Waals surface area contributed by atoms with Gasteiger partial charge in [0.05, 0.1) is 19.8 Å². The van der Waals surface area contributed by atoms with Crippen LogP contribution in [0.4, 0.5) is 0 Å². The molecule has 5 nitrogen and oxygen atoms in total. The van der Waals surface area contributed by atoms with E-state index in [-0.39, 0.29) is 0 Å². The third-order valence-electron chi connectivity index (χ3n) is 2.76. The summed E-state index contributed by atoms with van der Waals surface area (Å²) in [6.07, 6.45) is 0. The predicted molar refractivity (Wildman–Crippen MR) is 81.8 cm³/mol. The van der Waals surface area contributed by atoms with Crippen LogP contribution < -0.4 is 10.6 Å². The zero-order valence-corrected chi connectivity index (χ0v) is 12.6. The maximum atomic E-state index is 5.56. The summed E-state index contributed by atoms with van der Waals surface area (Å²) < 4.78 is 10.8. The Kier molecular flexibility index (Phi) is 8.42. The van der Waals surface area contributed by atoms with Gasteiger partial charge in [-0.05, 0) is 18.1 Å². The van der Waals surface area contributed by atoms with Crippen molar-refractivity contribution in [3.63, 3.8) is 0 Å². The Balaban J connectivity index is 2.37. The van der Waals surface area contributed by atoms with Gasteiger partial charge in [-0.25, -0.2) is 0 Å². The second-order valence-electron chi connectivity index (χ2n) is 4.25. The standard InChI is InChI=1S/C15H25N3O2/c1-4-19-8-9-20-12-14-7-5-6-13(10-14)11-18-15(16-2)17-3/h5-7,10H,4,8-9,11-12H2,1-3H3,(H2,16,17,18). The highest BCUT2D eigenvalue weighted by atomic mass is 16.5. The lowest BCUT2D eigenvalue weighted by atomic mass is 10.1. The molecule has 0 fully saturated rings. The normalized spacial score (nSPS) is 11.4. The van der Waals surface area contributed by atoms with E-state index in [9.17, 15) is 0 Å². The molecule has 0 aliphatic carbocycles. The fourth-order valence-electron chi connectivity index (χ4n) is 1.75. The topological polar surface area (TPSA) is 54.9 Å². The predicted octanol–water partition coefficient (Wildman–Crippen LogP) is 1.53. The van der Waals surface area contributed by atoms with Crippen LogP contribution in [0.1, 0.15) is 18.1 Å². The minimum absolute atomic E-state index is 0.613. The summed E-state index contributed by atoms with van der Waals surface area (Å²) in [6.45, 7) is 5.34. The lowest BCUT2D eigenvalue weighted by molar-refractivity contribution is 0.0453. The summed E-state index contributed by atoms with van der Waals surface area (Å²) in [5.74, 6) is 0.781. The Bertz CT molecular complexity index is 408. The van der Waals surface area contributed by atoms with Crippen molar-refractivity contribution in [2.24, 2.45) is 4.99 Å². The SMILES string of the molecule is CCOCCOCc1cccc(CNC(=NC)NC)c1. The van der Waals surface area contributed by atoms with Gasteiger partial charge in [0.2, 0.25) is 0 Å². The van der Waals surface area contributed by atoms with Gasteiger partial charge >= 0.3 is 0 Å². The first-order chi connectivity index (χ1) is 9.80. The number of hydrogen-bond acceptors (Lipinski definition) is 3. The number of nitrogens with zero attached hydrogens (tertiary/aromatic N) is 1. The van der Waals surface area contributed by atoms with E-state index in [0.29, 0.717) is 19.8 Å². The van der Waals surface area contributed by atoms with Gasteiger partial charge < -0.3 is 20.1 Å². The quantitative estimate of drug-likeness (QED) is 0.430. The van der Waals surface area contributed by atoms with E-state index in [1.807, 2.05) is 20.0 Å². The second-order valence-corrected chi connectivity index (χ2v) is 4.25. The molecule has 0 unspecified atom stereocenters. The highest BCUT2D eigenvalue weighted by molar-refractivity contribution is 5.79. The Morgan fingerprint density at radius 2 is 1.95 bits per heavy atom. The van der Waals surface area contributed by atoms with E-state index in [2.05, 4.69) is 33.8 Å². The van der Waals surface area contributed by atoms with E-state index < -0.39 is 0 Å². The molecule has 0 amide bonds. The maximum absolute atomic E-state index is 5.56. The minimum atomic E-state index is 0.613. The van der Waals surface area contributed by atoms with Crippen molar-refractivity contribution in [1.29, 1.82) is 0 Å². The molecule has 5 heteroatoms. The smallest absolute Gasteiger partial charge is 0.190 e. The van der Waals surface area contributed by atoms with Crippen LogP contribution in [0.25, 0.3) is 0 Å². The Hall–Kier alpha value is -1.59. The van der Waals surface area contributed by atoms with Crippen molar-refractivity contribution in [2.75, 3.05) is 33.9 Å². The number of guanidine groups is 1. The van der Waals surface area contributed by atoms with Crippen molar-refractivity contribution >= 4 is 5.96 Å². The number of nitrogens with one attached hydrogen (secondary N) is 2. The van der Waals surface area contributed by atoms with Crippen LogP contribution in [0.3, 0.4) is 0 Å². The van der Waals surface area contributed by atoms with Crippen LogP contribution in [0.5, 0.6) is 0 Å². The molecule has 20 heavy (non-hydrogen) atoms. The molecule has 1 aromatic rings. The summed E-state index contributed by atoms with van der Waals surface area (Å²) in [5, 5.41) is 6.22. The summed E-state index contributed by atoms with van der Waals surface area (Å²) in [7, 11) is 3.60. The van der Waals surface area contributed by atoms with Gasteiger partial charge in [-0.3, -0.25) is 4.99 Å². The number of aliphatic imine (C=N–C) groups is 1. The molecule has 0 aromatic heterocycles. The molecule has 0 aliphatic rings. The molecule has 0 spiro atoms. The molecule has 0 radical (unpaired) electrons. The number of rotatable bonds is 8. The molecule has 1 rings (SSSR count). The van der Waals surface area contributed by atoms with Crippen LogP contribution in [-0.2, 0) is 22.6 Å². The third-order valence-corrected chi connectivity index (χ3v) is 2.76. The van der Waals surface area contributed by atoms with Crippen molar-refractivity contribution < 1.29 is 9.47 Å². The summed E-state index contributed by atoms with van der Waals surface area (Å²) in [4.78, 5) is 4.08. The molecule has 0 saturated carbocycles. The summed E-state index contributed by atoms with van der Waals surface area (Å²) in [6, 6.07) is 8.33. The minimum Gasteiger partial charge on any atom is -0.379 e.